The summed E-state index contributed by atoms with van der Waals surface area (Å²) in [7, 11) is 0. The summed E-state index contributed by atoms with van der Waals surface area (Å²) in [5.41, 5.74) is 3.93. The zero-order valence-corrected chi connectivity index (χ0v) is 15.9. The Balaban J connectivity index is 2.59. The number of rotatable bonds is 5. The highest BCUT2D eigenvalue weighted by atomic mass is 16.1. The van der Waals surface area contributed by atoms with E-state index in [1.54, 1.807) is 0 Å². The topological polar surface area (TPSA) is 17.1 Å². The minimum absolute atomic E-state index is 0.115. The first-order chi connectivity index (χ1) is 11.2. The van der Waals surface area contributed by atoms with Crippen LogP contribution in [0.15, 0.2) is 59.2 Å². The number of carbonyl (C=O) groups excluding carboxylic acids is 1. The quantitative estimate of drug-likeness (QED) is 0.615. The van der Waals surface area contributed by atoms with Gasteiger partial charge in [-0.1, -0.05) is 71.9 Å². The molecule has 0 saturated carbocycles. The predicted molar refractivity (Wildman–Crippen MR) is 104 cm³/mol. The van der Waals surface area contributed by atoms with Crippen molar-refractivity contribution in [2.75, 3.05) is 0 Å². The van der Waals surface area contributed by atoms with Crippen LogP contribution in [0.4, 0.5) is 0 Å². The van der Waals surface area contributed by atoms with E-state index in [0.29, 0.717) is 0 Å². The third kappa shape index (κ3) is 3.77. The standard InChI is InChI=1S/C23H30O/c1-7-22(3,4)19-15-18(14-17-12-10-9-11-13-17)16-20(21(19)24)23(5,6)8-2/h9-16H,7-8H2,1-6H3. The Kier molecular flexibility index (Phi) is 5.32. The average molecular weight is 322 g/mol. The van der Waals surface area contributed by atoms with Crippen LogP contribution in [0.3, 0.4) is 0 Å². The maximum atomic E-state index is 13.2. The van der Waals surface area contributed by atoms with E-state index in [4.69, 9.17) is 0 Å². The fourth-order valence-electron chi connectivity index (χ4n) is 2.86. The lowest BCUT2D eigenvalue weighted by Crippen LogP contribution is -2.30. The summed E-state index contributed by atoms with van der Waals surface area (Å²) in [5.74, 6) is 0.221. The highest BCUT2D eigenvalue weighted by Gasteiger charge is 2.36. The van der Waals surface area contributed by atoms with E-state index in [0.717, 1.165) is 35.1 Å². The molecule has 1 aromatic rings. The van der Waals surface area contributed by atoms with Crippen molar-refractivity contribution >= 4 is 11.9 Å². The lowest BCUT2D eigenvalue weighted by atomic mass is 9.69. The number of benzene rings is 1. The van der Waals surface area contributed by atoms with Crippen LogP contribution in [0.5, 0.6) is 0 Å². The van der Waals surface area contributed by atoms with Gasteiger partial charge in [0.1, 0.15) is 0 Å². The van der Waals surface area contributed by atoms with Crippen molar-refractivity contribution < 1.29 is 4.79 Å². The Bertz CT molecular complexity index is 659. The van der Waals surface area contributed by atoms with Crippen molar-refractivity contribution in [2.24, 2.45) is 10.8 Å². The van der Waals surface area contributed by atoms with Gasteiger partial charge in [0.05, 0.1) is 0 Å². The first kappa shape index (κ1) is 18.4. The number of carbonyl (C=O) groups is 1. The predicted octanol–water partition coefficient (Wildman–Crippen LogP) is 6.38. The average Bonchev–Trinajstić information content (AvgIpc) is 2.57. The van der Waals surface area contributed by atoms with Gasteiger partial charge < -0.3 is 0 Å². The van der Waals surface area contributed by atoms with E-state index < -0.39 is 0 Å². The molecular formula is C23H30O. The normalized spacial score (nSPS) is 15.9. The Labute approximate surface area is 147 Å². The van der Waals surface area contributed by atoms with Gasteiger partial charge in [-0.05, 0) is 53.0 Å². The van der Waals surface area contributed by atoms with Gasteiger partial charge in [-0.2, -0.15) is 0 Å². The van der Waals surface area contributed by atoms with Gasteiger partial charge in [-0.25, -0.2) is 0 Å². The molecule has 1 heteroatoms. The number of allylic oxidation sites excluding steroid dienone is 5. The maximum Gasteiger partial charge on any atom is 0.186 e. The van der Waals surface area contributed by atoms with Gasteiger partial charge in [0, 0.05) is 11.1 Å². The van der Waals surface area contributed by atoms with Gasteiger partial charge in [-0.3, -0.25) is 4.79 Å². The zero-order valence-electron chi connectivity index (χ0n) is 15.9. The van der Waals surface area contributed by atoms with Gasteiger partial charge >= 0.3 is 0 Å². The molecular weight excluding hydrogens is 292 g/mol. The molecule has 1 aliphatic carbocycles. The second kappa shape index (κ2) is 6.93. The highest BCUT2D eigenvalue weighted by Crippen LogP contribution is 2.42. The first-order valence-electron chi connectivity index (χ1n) is 8.97. The van der Waals surface area contributed by atoms with Crippen LogP contribution in [-0.2, 0) is 4.79 Å². The lowest BCUT2D eigenvalue weighted by molar-refractivity contribution is -0.114. The van der Waals surface area contributed by atoms with Crippen molar-refractivity contribution in [3.63, 3.8) is 0 Å². The second-order valence-electron chi connectivity index (χ2n) is 7.98. The summed E-state index contributed by atoms with van der Waals surface area (Å²) in [6, 6.07) is 10.3. The SMILES string of the molecule is CCC(C)(C)C1=CC(=Cc2ccccc2)C=C(C(C)(C)CC)C1=O. The molecule has 0 amide bonds. The molecule has 2 rings (SSSR count). The van der Waals surface area contributed by atoms with Gasteiger partial charge in [0.15, 0.2) is 5.78 Å². The summed E-state index contributed by atoms with van der Waals surface area (Å²) in [6.07, 6.45) is 8.25. The minimum atomic E-state index is -0.115. The van der Waals surface area contributed by atoms with Crippen LogP contribution in [0.1, 0.15) is 59.9 Å². The molecule has 0 aliphatic heterocycles. The van der Waals surface area contributed by atoms with Crippen molar-refractivity contribution in [2.45, 2.75) is 54.4 Å². The molecule has 0 N–H and O–H groups in total. The van der Waals surface area contributed by atoms with Crippen molar-refractivity contribution in [3.05, 3.63) is 64.8 Å². The van der Waals surface area contributed by atoms with Gasteiger partial charge in [0.25, 0.3) is 0 Å². The van der Waals surface area contributed by atoms with E-state index in [-0.39, 0.29) is 16.6 Å². The van der Waals surface area contributed by atoms with Crippen LogP contribution in [0.2, 0.25) is 0 Å². The van der Waals surface area contributed by atoms with Crippen LogP contribution < -0.4 is 0 Å². The second-order valence-corrected chi connectivity index (χ2v) is 7.98. The minimum Gasteiger partial charge on any atom is -0.289 e. The molecule has 0 aromatic heterocycles. The molecule has 24 heavy (non-hydrogen) atoms. The van der Waals surface area contributed by atoms with Crippen LogP contribution in [0.25, 0.3) is 6.08 Å². The fraction of sp³-hybridized carbons (Fsp3) is 0.435. The van der Waals surface area contributed by atoms with Crippen LogP contribution in [-0.4, -0.2) is 5.78 Å². The molecule has 1 aliphatic rings. The van der Waals surface area contributed by atoms with Crippen LogP contribution in [0, 0.1) is 10.8 Å². The summed E-state index contributed by atoms with van der Waals surface area (Å²) in [4.78, 5) is 13.2. The summed E-state index contributed by atoms with van der Waals surface area (Å²) in [6.45, 7) is 13.0. The molecule has 0 heterocycles. The summed E-state index contributed by atoms with van der Waals surface area (Å²) in [5, 5.41) is 0. The van der Waals surface area contributed by atoms with Crippen molar-refractivity contribution in [1.82, 2.24) is 0 Å². The number of hydrogen-bond donors (Lipinski definition) is 0. The van der Waals surface area contributed by atoms with E-state index in [1.807, 2.05) is 18.2 Å². The molecule has 0 radical (unpaired) electrons. The molecule has 0 unspecified atom stereocenters. The van der Waals surface area contributed by atoms with E-state index in [9.17, 15) is 4.79 Å². The molecule has 128 valence electrons. The summed E-state index contributed by atoms with van der Waals surface area (Å²) >= 11 is 0. The van der Waals surface area contributed by atoms with Crippen molar-refractivity contribution in [3.8, 4) is 0 Å². The molecule has 0 spiro atoms. The van der Waals surface area contributed by atoms with Crippen LogP contribution >= 0.6 is 0 Å². The van der Waals surface area contributed by atoms with E-state index in [2.05, 4.69) is 71.9 Å². The Hall–Kier alpha value is -1.89. The summed E-state index contributed by atoms with van der Waals surface area (Å²) < 4.78 is 0. The lowest BCUT2D eigenvalue weighted by Gasteiger charge is -2.34. The Morgan fingerprint density at radius 3 is 1.71 bits per heavy atom. The van der Waals surface area contributed by atoms with Gasteiger partial charge in [0.2, 0.25) is 0 Å². The number of Topliss-reactive ketones (excluding diaryl/α,β-unsaturated/α-hetero) is 1. The number of ketones is 1. The number of hydrogen-bond acceptors (Lipinski definition) is 1. The maximum absolute atomic E-state index is 13.2. The molecule has 0 atom stereocenters. The third-order valence-electron chi connectivity index (χ3n) is 5.47. The molecule has 0 bridgehead atoms. The first-order valence-corrected chi connectivity index (χ1v) is 8.97. The third-order valence-corrected chi connectivity index (χ3v) is 5.47. The Morgan fingerprint density at radius 2 is 1.29 bits per heavy atom. The van der Waals surface area contributed by atoms with Gasteiger partial charge in [-0.15, -0.1) is 0 Å². The molecule has 0 fully saturated rings. The molecule has 0 saturated heterocycles. The fourth-order valence-corrected chi connectivity index (χ4v) is 2.86. The van der Waals surface area contributed by atoms with Crippen molar-refractivity contribution in [1.29, 1.82) is 0 Å². The highest BCUT2D eigenvalue weighted by molar-refractivity contribution is 6.12. The monoisotopic (exact) mass is 322 g/mol. The molecule has 1 nitrogen and oxygen atoms in total. The Morgan fingerprint density at radius 1 is 0.833 bits per heavy atom. The largest absolute Gasteiger partial charge is 0.289 e. The molecule has 1 aromatic carbocycles. The van der Waals surface area contributed by atoms with E-state index in [1.165, 1.54) is 0 Å². The smallest absolute Gasteiger partial charge is 0.186 e. The van der Waals surface area contributed by atoms with E-state index >= 15 is 0 Å². The zero-order chi connectivity index (χ0) is 18.0.